The lowest BCUT2D eigenvalue weighted by atomic mass is 9.82. The molecule has 9 nitrogen and oxygen atoms in total. The van der Waals surface area contributed by atoms with Gasteiger partial charge in [-0.05, 0) is 64.2 Å². The van der Waals surface area contributed by atoms with Crippen molar-refractivity contribution in [2.45, 2.75) is 31.0 Å². The molecule has 3 N–H and O–H groups in total. The SMILES string of the molecule is O=C(NNCc1ccc2c(c1)OCO2)[C@@]1(Cc2ccccc2)N=C(c2ccc(OCCCO)cc2)O[C@H]1c1ccc(-c2ccccc2)cc1. The summed E-state index contributed by atoms with van der Waals surface area (Å²) < 4.78 is 23.4. The van der Waals surface area contributed by atoms with Crippen LogP contribution in [0, 0.1) is 0 Å². The summed E-state index contributed by atoms with van der Waals surface area (Å²) in [4.78, 5) is 19.7. The molecule has 248 valence electrons. The molecule has 0 saturated carbocycles. The number of ether oxygens (including phenoxy) is 4. The van der Waals surface area contributed by atoms with Crippen LogP contribution in [-0.2, 0) is 22.5 Å². The van der Waals surface area contributed by atoms with E-state index in [4.69, 9.17) is 29.0 Å². The number of aliphatic imine (C=N–C) groups is 1. The second-order valence-corrected chi connectivity index (χ2v) is 11.9. The van der Waals surface area contributed by atoms with Gasteiger partial charge in [0.25, 0.3) is 5.91 Å². The molecule has 1 amide bonds. The lowest BCUT2D eigenvalue weighted by Crippen LogP contribution is -2.53. The molecule has 0 fully saturated rings. The number of carbonyl (C=O) groups is 1. The Hall–Kier alpha value is -5.64. The quantitative estimate of drug-likeness (QED) is 0.103. The maximum atomic E-state index is 14.6. The fourth-order valence-corrected chi connectivity index (χ4v) is 6.06. The summed E-state index contributed by atoms with van der Waals surface area (Å²) >= 11 is 0. The molecule has 5 aromatic carbocycles. The van der Waals surface area contributed by atoms with Crippen molar-refractivity contribution in [2.24, 2.45) is 4.99 Å². The van der Waals surface area contributed by atoms with E-state index in [1.165, 1.54) is 0 Å². The third-order valence-corrected chi connectivity index (χ3v) is 8.60. The van der Waals surface area contributed by atoms with Crippen LogP contribution in [0.2, 0.25) is 0 Å². The van der Waals surface area contributed by atoms with Crippen LogP contribution in [0.25, 0.3) is 11.1 Å². The van der Waals surface area contributed by atoms with Crippen LogP contribution in [0.3, 0.4) is 0 Å². The number of amides is 1. The topological polar surface area (TPSA) is 111 Å². The van der Waals surface area contributed by atoms with Crippen LogP contribution < -0.4 is 25.1 Å². The Morgan fingerprint density at radius 3 is 2.24 bits per heavy atom. The molecular weight excluding hydrogens is 618 g/mol. The minimum absolute atomic E-state index is 0.0631. The molecule has 0 saturated heterocycles. The first-order chi connectivity index (χ1) is 24.1. The number of nitrogens with one attached hydrogen (secondary N) is 2. The first kappa shape index (κ1) is 31.9. The van der Waals surface area contributed by atoms with E-state index in [0.717, 1.165) is 33.4 Å². The van der Waals surface area contributed by atoms with Gasteiger partial charge in [-0.1, -0.05) is 91.0 Å². The van der Waals surface area contributed by atoms with Gasteiger partial charge in [-0.15, -0.1) is 0 Å². The van der Waals surface area contributed by atoms with Crippen molar-refractivity contribution in [2.75, 3.05) is 20.0 Å². The number of hydrogen-bond acceptors (Lipinski definition) is 8. The Kier molecular flexibility index (Phi) is 9.54. The van der Waals surface area contributed by atoms with Crippen LogP contribution in [-0.4, -0.2) is 42.5 Å². The van der Waals surface area contributed by atoms with Gasteiger partial charge in [-0.25, -0.2) is 10.4 Å². The van der Waals surface area contributed by atoms with Crippen LogP contribution in [0.15, 0.2) is 132 Å². The maximum Gasteiger partial charge on any atom is 0.266 e. The Bertz CT molecular complexity index is 1900. The average molecular weight is 656 g/mol. The predicted octanol–water partition coefficient (Wildman–Crippen LogP) is 6.16. The summed E-state index contributed by atoms with van der Waals surface area (Å²) in [6, 6.07) is 41.2. The van der Waals surface area contributed by atoms with E-state index in [1.807, 2.05) is 115 Å². The zero-order chi connectivity index (χ0) is 33.5. The normalized spacial score (nSPS) is 17.7. The fourth-order valence-electron chi connectivity index (χ4n) is 6.06. The molecule has 0 spiro atoms. The van der Waals surface area contributed by atoms with Crippen molar-refractivity contribution in [1.29, 1.82) is 0 Å². The molecule has 2 aliphatic rings. The second kappa shape index (κ2) is 14.6. The van der Waals surface area contributed by atoms with Gasteiger partial charge < -0.3 is 24.1 Å². The first-order valence-corrected chi connectivity index (χ1v) is 16.3. The molecule has 0 radical (unpaired) electrons. The van der Waals surface area contributed by atoms with Gasteiger partial charge in [-0.3, -0.25) is 10.2 Å². The number of hydrogen-bond donors (Lipinski definition) is 3. The van der Waals surface area contributed by atoms with Crippen molar-refractivity contribution in [1.82, 2.24) is 10.9 Å². The third kappa shape index (κ3) is 7.13. The van der Waals surface area contributed by atoms with Crippen molar-refractivity contribution in [3.8, 4) is 28.4 Å². The number of nitrogens with zero attached hydrogens (tertiary/aromatic N) is 1. The van der Waals surface area contributed by atoms with Crippen LogP contribution >= 0.6 is 0 Å². The van der Waals surface area contributed by atoms with Crippen molar-refractivity contribution >= 4 is 11.8 Å². The van der Waals surface area contributed by atoms with E-state index < -0.39 is 11.6 Å². The summed E-state index contributed by atoms with van der Waals surface area (Å²) in [7, 11) is 0. The molecule has 2 atom stereocenters. The summed E-state index contributed by atoms with van der Waals surface area (Å²) in [6.45, 7) is 1.02. The predicted molar refractivity (Wildman–Crippen MR) is 186 cm³/mol. The highest BCUT2D eigenvalue weighted by Crippen LogP contribution is 2.43. The van der Waals surface area contributed by atoms with Crippen molar-refractivity contribution < 1.29 is 28.8 Å². The summed E-state index contributed by atoms with van der Waals surface area (Å²) in [5.41, 5.74) is 10.3. The van der Waals surface area contributed by atoms with Gasteiger partial charge in [0.1, 0.15) is 5.75 Å². The number of carbonyl (C=O) groups excluding carboxylic acids is 1. The molecule has 0 aliphatic carbocycles. The van der Waals surface area contributed by atoms with E-state index in [9.17, 15) is 4.79 Å². The van der Waals surface area contributed by atoms with Gasteiger partial charge >= 0.3 is 0 Å². The molecule has 5 aromatic rings. The second-order valence-electron chi connectivity index (χ2n) is 11.9. The van der Waals surface area contributed by atoms with Crippen LogP contribution in [0.5, 0.6) is 17.2 Å². The standard InChI is InChI=1S/C40H37N3O6/c44-22-7-23-46-34-19-17-33(18-20-34)38-42-40(25-28-8-3-1-4-9-28,39(45)43-41-26-29-12-21-35-36(24-29)48-27-47-35)37(49-38)32-15-13-31(14-16-32)30-10-5-2-6-11-30/h1-6,8-21,24,37,41,44H,7,22-23,25-27H2,(H,43,45)/t37-,40-/m0/s1. The number of aliphatic hydroxyl groups is 1. The largest absolute Gasteiger partial charge is 0.494 e. The Balaban J connectivity index is 1.22. The smallest absolute Gasteiger partial charge is 0.266 e. The first-order valence-electron chi connectivity index (χ1n) is 16.3. The monoisotopic (exact) mass is 655 g/mol. The van der Waals surface area contributed by atoms with Crippen LogP contribution in [0.4, 0.5) is 0 Å². The number of benzene rings is 5. The molecule has 7 rings (SSSR count). The van der Waals surface area contributed by atoms with E-state index >= 15 is 0 Å². The molecule has 0 aromatic heterocycles. The average Bonchev–Trinajstić information content (AvgIpc) is 3.78. The molecule has 49 heavy (non-hydrogen) atoms. The van der Waals surface area contributed by atoms with E-state index in [2.05, 4.69) is 23.0 Å². The molecular formula is C40H37N3O6. The number of aliphatic hydroxyl groups excluding tert-OH is 1. The third-order valence-electron chi connectivity index (χ3n) is 8.60. The van der Waals surface area contributed by atoms with Crippen molar-refractivity contribution in [3.05, 3.63) is 150 Å². The summed E-state index contributed by atoms with van der Waals surface area (Å²) in [5, 5.41) is 9.11. The summed E-state index contributed by atoms with van der Waals surface area (Å²) in [5.74, 6) is 2.08. The maximum absolute atomic E-state index is 14.6. The minimum atomic E-state index is -1.36. The van der Waals surface area contributed by atoms with E-state index in [1.54, 1.807) is 0 Å². The molecule has 2 heterocycles. The number of hydrazine groups is 1. The van der Waals surface area contributed by atoms with Crippen LogP contribution in [0.1, 0.15) is 34.8 Å². The number of rotatable bonds is 13. The lowest BCUT2D eigenvalue weighted by Gasteiger charge is -2.31. The molecule has 0 unspecified atom stereocenters. The van der Waals surface area contributed by atoms with Gasteiger partial charge in [0, 0.05) is 31.6 Å². The zero-order valence-electron chi connectivity index (χ0n) is 26.9. The minimum Gasteiger partial charge on any atom is -0.494 e. The Morgan fingerprint density at radius 2 is 1.49 bits per heavy atom. The zero-order valence-corrected chi connectivity index (χ0v) is 26.9. The van der Waals surface area contributed by atoms with Gasteiger partial charge in [0.15, 0.2) is 23.1 Å². The Morgan fingerprint density at radius 1 is 0.796 bits per heavy atom. The molecule has 9 heteroatoms. The van der Waals surface area contributed by atoms with Gasteiger partial charge in [0.05, 0.1) is 6.61 Å². The Labute approximate surface area is 285 Å². The fraction of sp³-hybridized carbons (Fsp3) is 0.200. The number of fused-ring (bicyclic) bond motifs is 1. The van der Waals surface area contributed by atoms with Crippen molar-refractivity contribution in [3.63, 3.8) is 0 Å². The highest BCUT2D eigenvalue weighted by atomic mass is 16.7. The van der Waals surface area contributed by atoms with Gasteiger partial charge in [0.2, 0.25) is 12.7 Å². The van der Waals surface area contributed by atoms with Gasteiger partial charge in [-0.2, -0.15) is 0 Å². The summed E-state index contributed by atoms with van der Waals surface area (Å²) in [6.07, 6.45) is 0.102. The van der Waals surface area contributed by atoms with E-state index in [-0.39, 0.29) is 19.3 Å². The highest BCUT2D eigenvalue weighted by molar-refractivity contribution is 6.01. The highest BCUT2D eigenvalue weighted by Gasteiger charge is 2.53. The molecule has 0 bridgehead atoms. The lowest BCUT2D eigenvalue weighted by molar-refractivity contribution is -0.130. The van der Waals surface area contributed by atoms with E-state index in [0.29, 0.717) is 49.1 Å². The molecule has 2 aliphatic heterocycles.